The van der Waals surface area contributed by atoms with Gasteiger partial charge in [-0.05, 0) is 26.8 Å². The fraction of sp³-hybridized carbons (Fsp3) is 0.818. The highest BCUT2D eigenvalue weighted by atomic mass is 32.2. The smallest absolute Gasteiger partial charge is 0.218 e. The molecule has 0 saturated heterocycles. The average molecular weight is 246 g/mol. The molecule has 0 amide bonds. The van der Waals surface area contributed by atoms with Crippen LogP contribution < -0.4 is 5.32 Å². The Morgan fingerprint density at radius 2 is 2.25 bits per heavy atom. The topological polar surface area (TPSA) is 49.4 Å². The lowest BCUT2D eigenvalue weighted by Crippen LogP contribution is -2.44. The second-order valence-electron chi connectivity index (χ2n) is 4.34. The van der Waals surface area contributed by atoms with Crippen molar-refractivity contribution in [3.05, 3.63) is 11.6 Å². The van der Waals surface area contributed by atoms with Crippen LogP contribution in [0, 0.1) is 0 Å². The van der Waals surface area contributed by atoms with Crippen LogP contribution in [0.4, 0.5) is 0 Å². The Morgan fingerprint density at radius 1 is 1.56 bits per heavy atom. The van der Waals surface area contributed by atoms with E-state index in [1.807, 2.05) is 13.8 Å². The summed E-state index contributed by atoms with van der Waals surface area (Å²) in [6.45, 7) is 8.24. The fourth-order valence-electron chi connectivity index (χ4n) is 1.80. The van der Waals surface area contributed by atoms with Crippen LogP contribution in [0.1, 0.15) is 27.2 Å². The van der Waals surface area contributed by atoms with Gasteiger partial charge in [0.1, 0.15) is 0 Å². The molecule has 0 aromatic rings. The van der Waals surface area contributed by atoms with E-state index in [-0.39, 0.29) is 5.25 Å². The largest absolute Gasteiger partial charge is 0.316 e. The lowest BCUT2D eigenvalue weighted by Gasteiger charge is -2.28. The maximum absolute atomic E-state index is 12.2. The molecule has 1 heterocycles. The zero-order valence-corrected chi connectivity index (χ0v) is 11.2. The number of nitrogens with zero attached hydrogens (tertiary/aromatic N) is 1. The third-order valence-corrected chi connectivity index (χ3v) is 5.06. The average Bonchev–Trinajstić information content (AvgIpc) is 2.25. The van der Waals surface area contributed by atoms with Crippen molar-refractivity contribution in [1.29, 1.82) is 0 Å². The fourth-order valence-corrected chi connectivity index (χ4v) is 3.38. The molecule has 1 unspecified atom stereocenters. The van der Waals surface area contributed by atoms with Gasteiger partial charge in [-0.3, -0.25) is 0 Å². The number of hydrogen-bond acceptors (Lipinski definition) is 3. The minimum Gasteiger partial charge on any atom is -0.316 e. The van der Waals surface area contributed by atoms with Gasteiger partial charge in [0, 0.05) is 19.6 Å². The molecular formula is C11H22N2O2S. The normalized spacial score (nSPS) is 20.6. The minimum atomic E-state index is -3.14. The first-order valence-corrected chi connectivity index (χ1v) is 7.34. The van der Waals surface area contributed by atoms with Crippen LogP contribution >= 0.6 is 0 Å². The summed E-state index contributed by atoms with van der Waals surface area (Å²) in [6, 6.07) is 0. The predicted molar refractivity (Wildman–Crippen MR) is 66.9 cm³/mol. The number of sulfonamides is 1. The molecule has 0 spiro atoms. The van der Waals surface area contributed by atoms with E-state index in [1.54, 1.807) is 11.2 Å². The molecule has 16 heavy (non-hydrogen) atoms. The van der Waals surface area contributed by atoms with Gasteiger partial charge in [0.05, 0.1) is 5.25 Å². The van der Waals surface area contributed by atoms with Crippen LogP contribution in [-0.2, 0) is 10.0 Å². The van der Waals surface area contributed by atoms with Crippen molar-refractivity contribution >= 4 is 10.0 Å². The van der Waals surface area contributed by atoms with Gasteiger partial charge in [-0.25, -0.2) is 8.42 Å². The Balaban J connectivity index is 2.66. The summed E-state index contributed by atoms with van der Waals surface area (Å²) in [5, 5.41) is 2.74. The Kier molecular flexibility index (Phi) is 4.95. The van der Waals surface area contributed by atoms with Crippen molar-refractivity contribution in [3.63, 3.8) is 0 Å². The van der Waals surface area contributed by atoms with Crippen LogP contribution in [0.25, 0.3) is 0 Å². The van der Waals surface area contributed by atoms with E-state index in [4.69, 9.17) is 0 Å². The molecule has 0 aromatic carbocycles. The second-order valence-corrected chi connectivity index (χ2v) is 6.69. The first kappa shape index (κ1) is 13.7. The number of hydrogen-bond donors (Lipinski definition) is 1. The van der Waals surface area contributed by atoms with Gasteiger partial charge in [-0.1, -0.05) is 18.6 Å². The highest BCUT2D eigenvalue weighted by Gasteiger charge is 2.29. The Hall–Kier alpha value is -0.390. The summed E-state index contributed by atoms with van der Waals surface area (Å²) < 4.78 is 26.0. The highest BCUT2D eigenvalue weighted by Crippen LogP contribution is 2.16. The summed E-state index contributed by atoms with van der Waals surface area (Å²) in [5.74, 6) is 0. The zero-order valence-electron chi connectivity index (χ0n) is 10.4. The predicted octanol–water partition coefficient (Wildman–Crippen LogP) is 0.966. The summed E-state index contributed by atoms with van der Waals surface area (Å²) in [5.41, 5.74) is 1.14. The van der Waals surface area contributed by atoms with Gasteiger partial charge in [0.25, 0.3) is 0 Å². The van der Waals surface area contributed by atoms with Crippen LogP contribution in [-0.4, -0.2) is 44.2 Å². The van der Waals surface area contributed by atoms with Crippen LogP contribution in [0.2, 0.25) is 0 Å². The quantitative estimate of drug-likeness (QED) is 0.735. The molecule has 94 valence electrons. The summed E-state index contributed by atoms with van der Waals surface area (Å²) in [6.07, 6.45) is 2.94. The monoisotopic (exact) mass is 246 g/mol. The summed E-state index contributed by atoms with van der Waals surface area (Å²) in [7, 11) is -3.14. The first-order valence-electron chi connectivity index (χ1n) is 5.83. The molecule has 0 aliphatic carbocycles. The molecule has 0 aromatic heterocycles. The second kappa shape index (κ2) is 5.80. The Bertz CT molecular complexity index is 349. The number of rotatable bonds is 5. The van der Waals surface area contributed by atoms with Crippen LogP contribution in [0.3, 0.4) is 0 Å². The standard InChI is InChI=1S/C11H22N2O2S/c1-4-12-8-11(3)16(14,15)13-7-5-6-10(2)9-13/h6,11-12H,4-5,7-9H2,1-3H3. The summed E-state index contributed by atoms with van der Waals surface area (Å²) in [4.78, 5) is 0. The molecule has 1 rings (SSSR count). The van der Waals surface area contributed by atoms with E-state index in [2.05, 4.69) is 11.4 Å². The van der Waals surface area contributed by atoms with E-state index >= 15 is 0 Å². The third-order valence-electron chi connectivity index (χ3n) is 2.85. The van der Waals surface area contributed by atoms with Gasteiger partial charge in [0.2, 0.25) is 10.0 Å². The molecule has 4 nitrogen and oxygen atoms in total. The van der Waals surface area contributed by atoms with Crippen molar-refractivity contribution in [2.75, 3.05) is 26.2 Å². The van der Waals surface area contributed by atoms with Crippen molar-refractivity contribution in [1.82, 2.24) is 9.62 Å². The van der Waals surface area contributed by atoms with E-state index in [0.717, 1.165) is 18.5 Å². The Labute approximate surface area is 98.8 Å². The molecule has 1 aliphatic rings. The molecule has 1 N–H and O–H groups in total. The Morgan fingerprint density at radius 3 is 2.81 bits per heavy atom. The molecule has 1 atom stereocenters. The third kappa shape index (κ3) is 3.30. The van der Waals surface area contributed by atoms with E-state index in [0.29, 0.717) is 19.6 Å². The van der Waals surface area contributed by atoms with Gasteiger partial charge < -0.3 is 5.32 Å². The van der Waals surface area contributed by atoms with Crippen molar-refractivity contribution in [2.45, 2.75) is 32.4 Å². The van der Waals surface area contributed by atoms with E-state index < -0.39 is 10.0 Å². The molecule has 1 aliphatic heterocycles. The van der Waals surface area contributed by atoms with Gasteiger partial charge in [-0.2, -0.15) is 4.31 Å². The van der Waals surface area contributed by atoms with Crippen LogP contribution in [0.15, 0.2) is 11.6 Å². The van der Waals surface area contributed by atoms with Crippen molar-refractivity contribution < 1.29 is 8.42 Å². The maximum Gasteiger partial charge on any atom is 0.218 e. The molecule has 0 radical (unpaired) electrons. The van der Waals surface area contributed by atoms with E-state index in [1.165, 1.54) is 0 Å². The lowest BCUT2D eigenvalue weighted by molar-refractivity contribution is 0.419. The van der Waals surface area contributed by atoms with Crippen LogP contribution in [0.5, 0.6) is 0 Å². The molecule has 0 bridgehead atoms. The molecule has 0 fully saturated rings. The van der Waals surface area contributed by atoms with E-state index in [9.17, 15) is 8.42 Å². The highest BCUT2D eigenvalue weighted by molar-refractivity contribution is 7.89. The SMILES string of the molecule is CCNCC(C)S(=O)(=O)N1CCC=C(C)C1. The van der Waals surface area contributed by atoms with Crippen molar-refractivity contribution in [3.8, 4) is 0 Å². The first-order chi connectivity index (χ1) is 7.48. The minimum absolute atomic E-state index is 0.349. The molecule has 0 saturated carbocycles. The lowest BCUT2D eigenvalue weighted by atomic mass is 10.2. The van der Waals surface area contributed by atoms with Gasteiger partial charge in [0.15, 0.2) is 0 Å². The van der Waals surface area contributed by atoms with Gasteiger partial charge >= 0.3 is 0 Å². The molecule has 5 heteroatoms. The molecular weight excluding hydrogens is 224 g/mol. The summed E-state index contributed by atoms with van der Waals surface area (Å²) >= 11 is 0. The van der Waals surface area contributed by atoms with Gasteiger partial charge in [-0.15, -0.1) is 0 Å². The zero-order chi connectivity index (χ0) is 12.2. The van der Waals surface area contributed by atoms with Crippen molar-refractivity contribution in [2.24, 2.45) is 0 Å². The number of nitrogens with one attached hydrogen (secondary N) is 1. The maximum atomic E-state index is 12.2.